The first kappa shape index (κ1) is 23.8. The van der Waals surface area contributed by atoms with Crippen LogP contribution in [0, 0.1) is 17.1 Å². The summed E-state index contributed by atoms with van der Waals surface area (Å²) in [5.74, 6) is -0.278. The molecule has 6 heteroatoms. The highest BCUT2D eigenvalue weighted by Gasteiger charge is 2.19. The van der Waals surface area contributed by atoms with Gasteiger partial charge in [-0.2, -0.15) is 5.26 Å². The zero-order valence-corrected chi connectivity index (χ0v) is 19.1. The third kappa shape index (κ3) is 4.83. The minimum atomic E-state index is -0.278. The molecule has 1 unspecified atom stereocenters. The number of nitriles is 1. The first-order valence-corrected chi connectivity index (χ1v) is 10.8. The van der Waals surface area contributed by atoms with Gasteiger partial charge in [-0.05, 0) is 49.7 Å². The number of aromatic nitrogens is 4. The Kier molecular flexibility index (Phi) is 8.51. The summed E-state index contributed by atoms with van der Waals surface area (Å²) in [5, 5.41) is 9.32. The standard InChI is InChI=1S/C21H18FN5.2C2H6/c1-3-14(2)27-13-25-20(15-4-7-17(22)8-5-15)21(27)16-6-9-19-24-11-18(10-23)26(19)12-16;2*1-2/h4-9,11-14H,3H2,1-2H3;2*1-2H3. The van der Waals surface area contributed by atoms with Crippen molar-refractivity contribution < 1.29 is 4.39 Å². The van der Waals surface area contributed by atoms with Crippen LogP contribution in [0.5, 0.6) is 0 Å². The number of nitrogens with zero attached hydrogens (tertiary/aromatic N) is 5. The summed E-state index contributed by atoms with van der Waals surface area (Å²) >= 11 is 0. The van der Waals surface area contributed by atoms with Crippen LogP contribution in [0.4, 0.5) is 4.39 Å². The maximum Gasteiger partial charge on any atom is 0.144 e. The van der Waals surface area contributed by atoms with E-state index < -0.39 is 0 Å². The van der Waals surface area contributed by atoms with Gasteiger partial charge in [0.25, 0.3) is 0 Å². The van der Waals surface area contributed by atoms with Crippen molar-refractivity contribution in [3.05, 3.63) is 66.6 Å². The van der Waals surface area contributed by atoms with Gasteiger partial charge in [-0.15, -0.1) is 0 Å². The molecule has 0 amide bonds. The predicted octanol–water partition coefficient (Wildman–Crippen LogP) is 6.90. The second-order valence-corrected chi connectivity index (χ2v) is 6.51. The average molecular weight is 420 g/mol. The molecular weight excluding hydrogens is 389 g/mol. The van der Waals surface area contributed by atoms with E-state index in [0.717, 1.165) is 28.9 Å². The molecule has 3 aromatic heterocycles. The quantitative estimate of drug-likeness (QED) is 0.361. The molecule has 3 heterocycles. The fraction of sp³-hybridized carbons (Fsp3) is 0.320. The molecule has 0 saturated heterocycles. The highest BCUT2D eigenvalue weighted by atomic mass is 19.1. The SMILES string of the molecule is CC.CC.CCC(C)n1cnc(-c2ccc(F)cc2)c1-c1ccc2ncc(C#N)n2c1. The lowest BCUT2D eigenvalue weighted by Crippen LogP contribution is -2.05. The van der Waals surface area contributed by atoms with Crippen LogP contribution in [0.25, 0.3) is 28.2 Å². The number of rotatable bonds is 4. The number of hydrogen-bond acceptors (Lipinski definition) is 3. The Hall–Kier alpha value is -3.46. The highest BCUT2D eigenvalue weighted by molar-refractivity contribution is 5.79. The predicted molar refractivity (Wildman–Crippen MR) is 124 cm³/mol. The van der Waals surface area contributed by atoms with E-state index in [-0.39, 0.29) is 11.9 Å². The minimum absolute atomic E-state index is 0.246. The molecule has 162 valence electrons. The number of imidazole rings is 2. The van der Waals surface area contributed by atoms with E-state index in [9.17, 15) is 9.65 Å². The number of hydrogen-bond donors (Lipinski definition) is 0. The monoisotopic (exact) mass is 419 g/mol. The molecule has 0 radical (unpaired) electrons. The van der Waals surface area contributed by atoms with Gasteiger partial charge in [0.2, 0.25) is 0 Å². The van der Waals surface area contributed by atoms with Gasteiger partial charge in [-0.25, -0.2) is 14.4 Å². The van der Waals surface area contributed by atoms with Crippen LogP contribution in [-0.2, 0) is 0 Å². The van der Waals surface area contributed by atoms with Crippen LogP contribution in [0.15, 0.2) is 55.1 Å². The average Bonchev–Trinajstić information content (AvgIpc) is 3.45. The van der Waals surface area contributed by atoms with Gasteiger partial charge < -0.3 is 4.57 Å². The van der Waals surface area contributed by atoms with Crippen molar-refractivity contribution in [3.63, 3.8) is 0 Å². The van der Waals surface area contributed by atoms with Crippen molar-refractivity contribution in [2.45, 2.75) is 54.0 Å². The number of benzene rings is 1. The lowest BCUT2D eigenvalue weighted by Gasteiger charge is -2.16. The van der Waals surface area contributed by atoms with Crippen molar-refractivity contribution in [1.29, 1.82) is 5.26 Å². The molecule has 0 spiro atoms. The molecule has 0 saturated carbocycles. The molecule has 4 rings (SSSR count). The molecular formula is C25H30FN5. The first-order chi connectivity index (χ1) is 15.1. The summed E-state index contributed by atoms with van der Waals surface area (Å²) in [5.41, 5.74) is 4.69. The van der Waals surface area contributed by atoms with Crippen LogP contribution in [0.2, 0.25) is 0 Å². The number of fused-ring (bicyclic) bond motifs is 1. The summed E-state index contributed by atoms with van der Waals surface area (Å²) in [6.07, 6.45) is 6.24. The van der Waals surface area contributed by atoms with E-state index >= 15 is 0 Å². The van der Waals surface area contributed by atoms with Crippen molar-refractivity contribution in [1.82, 2.24) is 18.9 Å². The molecule has 1 atom stereocenters. The molecule has 31 heavy (non-hydrogen) atoms. The van der Waals surface area contributed by atoms with E-state index in [1.165, 1.54) is 12.1 Å². The summed E-state index contributed by atoms with van der Waals surface area (Å²) in [4.78, 5) is 8.87. The highest BCUT2D eigenvalue weighted by Crippen LogP contribution is 2.34. The zero-order chi connectivity index (χ0) is 23.0. The second kappa shape index (κ2) is 11.1. The Bertz CT molecular complexity index is 1150. The van der Waals surface area contributed by atoms with Crippen molar-refractivity contribution in [3.8, 4) is 28.6 Å². The van der Waals surface area contributed by atoms with E-state index in [4.69, 9.17) is 0 Å². The maximum atomic E-state index is 13.4. The first-order valence-electron chi connectivity index (χ1n) is 10.8. The maximum absolute atomic E-state index is 13.4. The Morgan fingerprint density at radius 3 is 2.26 bits per heavy atom. The smallest absolute Gasteiger partial charge is 0.144 e. The fourth-order valence-electron chi connectivity index (χ4n) is 3.20. The Balaban J connectivity index is 0.000000807. The normalized spacial score (nSPS) is 11.0. The molecule has 0 fully saturated rings. The van der Waals surface area contributed by atoms with Crippen molar-refractivity contribution in [2.75, 3.05) is 0 Å². The van der Waals surface area contributed by atoms with E-state index in [2.05, 4.69) is 34.5 Å². The summed E-state index contributed by atoms with van der Waals surface area (Å²) in [6.45, 7) is 12.3. The molecule has 0 aliphatic carbocycles. The van der Waals surface area contributed by atoms with E-state index in [1.54, 1.807) is 22.7 Å². The van der Waals surface area contributed by atoms with Gasteiger partial charge in [0.05, 0.1) is 23.9 Å². The Morgan fingerprint density at radius 2 is 1.65 bits per heavy atom. The van der Waals surface area contributed by atoms with E-state index in [0.29, 0.717) is 11.3 Å². The largest absolute Gasteiger partial charge is 0.327 e. The molecule has 4 aromatic rings. The number of pyridine rings is 1. The number of halogens is 1. The summed E-state index contributed by atoms with van der Waals surface area (Å²) in [6, 6.07) is 12.6. The van der Waals surface area contributed by atoms with Gasteiger partial charge in [-0.1, -0.05) is 34.6 Å². The Labute approximate surface area is 183 Å². The minimum Gasteiger partial charge on any atom is -0.327 e. The van der Waals surface area contributed by atoms with Gasteiger partial charge in [-0.3, -0.25) is 4.40 Å². The van der Waals surface area contributed by atoms with E-state index in [1.807, 2.05) is 52.4 Å². The molecule has 0 bridgehead atoms. The van der Waals surface area contributed by atoms with Crippen LogP contribution < -0.4 is 0 Å². The van der Waals surface area contributed by atoms with Crippen LogP contribution >= 0.6 is 0 Å². The van der Waals surface area contributed by atoms with Gasteiger partial charge >= 0.3 is 0 Å². The summed E-state index contributed by atoms with van der Waals surface area (Å²) in [7, 11) is 0. The van der Waals surface area contributed by atoms with Gasteiger partial charge in [0.1, 0.15) is 23.2 Å². The third-order valence-corrected chi connectivity index (χ3v) is 4.87. The van der Waals surface area contributed by atoms with Crippen molar-refractivity contribution >= 4 is 5.65 Å². The van der Waals surface area contributed by atoms with Crippen LogP contribution in [0.1, 0.15) is 59.7 Å². The zero-order valence-electron chi connectivity index (χ0n) is 19.1. The van der Waals surface area contributed by atoms with Crippen LogP contribution in [0.3, 0.4) is 0 Å². The van der Waals surface area contributed by atoms with Gasteiger partial charge in [0, 0.05) is 23.4 Å². The fourth-order valence-corrected chi connectivity index (χ4v) is 3.20. The summed E-state index contributed by atoms with van der Waals surface area (Å²) < 4.78 is 17.3. The topological polar surface area (TPSA) is 58.9 Å². The molecule has 5 nitrogen and oxygen atoms in total. The molecule has 0 N–H and O–H groups in total. The molecule has 1 aromatic carbocycles. The van der Waals surface area contributed by atoms with Crippen LogP contribution in [-0.4, -0.2) is 18.9 Å². The van der Waals surface area contributed by atoms with Gasteiger partial charge in [0.15, 0.2) is 0 Å². The molecule has 0 aliphatic heterocycles. The third-order valence-electron chi connectivity index (χ3n) is 4.87. The molecule has 0 aliphatic rings. The lowest BCUT2D eigenvalue weighted by molar-refractivity contribution is 0.535. The Morgan fingerprint density at radius 1 is 1.00 bits per heavy atom. The van der Waals surface area contributed by atoms with Crippen molar-refractivity contribution in [2.24, 2.45) is 0 Å². The lowest BCUT2D eigenvalue weighted by atomic mass is 10.0. The second-order valence-electron chi connectivity index (χ2n) is 6.51.